The normalized spacial score (nSPS) is 18.0. The highest BCUT2D eigenvalue weighted by Crippen LogP contribution is 2.47. The monoisotopic (exact) mass is 446 g/mol. The minimum Gasteiger partial charge on any atom is -0.493 e. The van der Waals surface area contributed by atoms with Gasteiger partial charge in [0.15, 0.2) is 17.3 Å². The fourth-order valence-electron chi connectivity index (χ4n) is 4.47. The lowest BCUT2D eigenvalue weighted by Gasteiger charge is -2.39. The number of nitriles is 1. The number of nitrogens with zero attached hydrogens (tertiary/aromatic N) is 3. The van der Waals surface area contributed by atoms with Crippen LogP contribution in [0.5, 0.6) is 11.5 Å². The number of non-ortho nitro benzene ring substituents is 1. The quantitative estimate of drug-likeness (QED) is 0.540. The van der Waals surface area contributed by atoms with Crippen molar-refractivity contribution in [1.29, 1.82) is 5.26 Å². The number of hydrogen-bond donors (Lipinski definition) is 1. The van der Waals surface area contributed by atoms with Crippen LogP contribution in [0.4, 0.5) is 11.4 Å². The van der Waals surface area contributed by atoms with Crippen molar-refractivity contribution in [2.24, 2.45) is 5.73 Å². The Morgan fingerprint density at radius 2 is 1.82 bits per heavy atom. The third-order valence-electron chi connectivity index (χ3n) is 5.97. The Balaban J connectivity index is 1.92. The maximum Gasteiger partial charge on any atom is 0.269 e. The SMILES string of the molecule is COc1ccc(C2C(C#N)=C(N)N(c3ccc([N+](=O)[O-])cc3)C3=C2C(=O)CCC3)cc1OC. The highest BCUT2D eigenvalue weighted by Gasteiger charge is 2.40. The number of rotatable bonds is 5. The summed E-state index contributed by atoms with van der Waals surface area (Å²) >= 11 is 0. The van der Waals surface area contributed by atoms with Gasteiger partial charge in [0, 0.05) is 35.5 Å². The van der Waals surface area contributed by atoms with Crippen molar-refractivity contribution >= 4 is 17.2 Å². The molecule has 1 aliphatic heterocycles. The summed E-state index contributed by atoms with van der Waals surface area (Å²) in [5, 5.41) is 21.1. The molecule has 9 nitrogen and oxygen atoms in total. The maximum absolute atomic E-state index is 13.2. The van der Waals surface area contributed by atoms with Crippen LogP contribution in [-0.2, 0) is 4.79 Å². The number of hydrogen-bond acceptors (Lipinski definition) is 8. The molecular formula is C24H22N4O5. The van der Waals surface area contributed by atoms with Gasteiger partial charge in [0.25, 0.3) is 5.69 Å². The Kier molecular flexibility index (Phi) is 5.75. The second-order valence-corrected chi connectivity index (χ2v) is 7.70. The van der Waals surface area contributed by atoms with Crippen LogP contribution in [0.3, 0.4) is 0 Å². The molecule has 4 rings (SSSR count). The van der Waals surface area contributed by atoms with Gasteiger partial charge in [-0.3, -0.25) is 19.8 Å². The van der Waals surface area contributed by atoms with Crippen LogP contribution in [0.25, 0.3) is 0 Å². The van der Waals surface area contributed by atoms with E-state index >= 15 is 0 Å². The van der Waals surface area contributed by atoms with Crippen LogP contribution >= 0.6 is 0 Å². The van der Waals surface area contributed by atoms with Gasteiger partial charge in [0.2, 0.25) is 0 Å². The molecule has 0 radical (unpaired) electrons. The van der Waals surface area contributed by atoms with Crippen LogP contribution in [-0.4, -0.2) is 24.9 Å². The Hall–Kier alpha value is -4.32. The number of carbonyl (C=O) groups is 1. The van der Waals surface area contributed by atoms with E-state index in [2.05, 4.69) is 6.07 Å². The fraction of sp³-hybridized carbons (Fsp3) is 0.250. The first-order chi connectivity index (χ1) is 15.9. The molecule has 168 valence electrons. The topological polar surface area (TPSA) is 132 Å². The molecule has 2 aromatic carbocycles. The number of allylic oxidation sites excluding steroid dienone is 3. The van der Waals surface area contributed by atoms with E-state index < -0.39 is 10.8 Å². The largest absolute Gasteiger partial charge is 0.493 e. The Morgan fingerprint density at radius 1 is 1.12 bits per heavy atom. The molecule has 2 N–H and O–H groups in total. The van der Waals surface area contributed by atoms with E-state index in [4.69, 9.17) is 15.2 Å². The Morgan fingerprint density at radius 3 is 2.42 bits per heavy atom. The number of nitro benzene ring substituents is 1. The zero-order chi connectivity index (χ0) is 23.7. The molecule has 0 spiro atoms. The van der Waals surface area contributed by atoms with Crippen molar-refractivity contribution in [2.75, 3.05) is 19.1 Å². The molecule has 0 saturated carbocycles. The van der Waals surface area contributed by atoms with Crippen molar-refractivity contribution in [3.8, 4) is 17.6 Å². The molecule has 33 heavy (non-hydrogen) atoms. The summed E-state index contributed by atoms with van der Waals surface area (Å²) in [7, 11) is 3.05. The van der Waals surface area contributed by atoms with E-state index in [1.54, 1.807) is 35.2 Å². The van der Waals surface area contributed by atoms with Gasteiger partial charge < -0.3 is 15.2 Å². The Bertz CT molecular complexity index is 1240. The summed E-state index contributed by atoms with van der Waals surface area (Å²) in [5.41, 5.74) is 9.15. The first-order valence-electron chi connectivity index (χ1n) is 10.3. The Labute approximate surface area is 190 Å². The molecule has 1 unspecified atom stereocenters. The lowest BCUT2D eigenvalue weighted by Crippen LogP contribution is -2.38. The van der Waals surface area contributed by atoms with E-state index in [1.807, 2.05) is 0 Å². The predicted molar refractivity (Wildman–Crippen MR) is 121 cm³/mol. The molecule has 0 bridgehead atoms. The van der Waals surface area contributed by atoms with E-state index in [0.717, 1.165) is 0 Å². The lowest BCUT2D eigenvalue weighted by molar-refractivity contribution is -0.384. The summed E-state index contributed by atoms with van der Waals surface area (Å²) in [5.74, 6) is 0.507. The molecule has 9 heteroatoms. The number of ketones is 1. The zero-order valence-corrected chi connectivity index (χ0v) is 18.2. The van der Waals surface area contributed by atoms with E-state index in [-0.39, 0.29) is 22.9 Å². The summed E-state index contributed by atoms with van der Waals surface area (Å²) in [6.07, 6.45) is 1.60. The summed E-state index contributed by atoms with van der Waals surface area (Å²) in [4.78, 5) is 25.4. The van der Waals surface area contributed by atoms with Crippen LogP contribution in [0.2, 0.25) is 0 Å². The van der Waals surface area contributed by atoms with E-state index in [1.165, 1.54) is 26.4 Å². The van der Waals surface area contributed by atoms with Crippen molar-refractivity contribution < 1.29 is 19.2 Å². The predicted octanol–water partition coefficient (Wildman–Crippen LogP) is 3.92. The van der Waals surface area contributed by atoms with Crippen LogP contribution in [0, 0.1) is 21.4 Å². The highest BCUT2D eigenvalue weighted by atomic mass is 16.6. The minimum atomic E-state index is -0.646. The van der Waals surface area contributed by atoms with E-state index in [0.29, 0.717) is 53.3 Å². The maximum atomic E-state index is 13.2. The molecule has 0 aromatic heterocycles. The second kappa shape index (κ2) is 8.67. The van der Waals surface area contributed by atoms with Gasteiger partial charge in [-0.15, -0.1) is 0 Å². The molecule has 2 aliphatic rings. The molecule has 1 aliphatic carbocycles. The van der Waals surface area contributed by atoms with Crippen molar-refractivity contribution in [1.82, 2.24) is 0 Å². The van der Waals surface area contributed by atoms with Gasteiger partial charge in [0.1, 0.15) is 5.82 Å². The first kappa shape index (κ1) is 21.9. The third kappa shape index (κ3) is 3.65. The van der Waals surface area contributed by atoms with Gasteiger partial charge in [-0.1, -0.05) is 6.07 Å². The zero-order valence-electron chi connectivity index (χ0n) is 18.2. The summed E-state index contributed by atoms with van der Waals surface area (Å²) in [6.45, 7) is 0. The van der Waals surface area contributed by atoms with Crippen molar-refractivity contribution in [3.63, 3.8) is 0 Å². The van der Waals surface area contributed by atoms with Gasteiger partial charge in [-0.25, -0.2) is 0 Å². The first-order valence-corrected chi connectivity index (χ1v) is 10.3. The summed E-state index contributed by atoms with van der Waals surface area (Å²) in [6, 6.07) is 13.4. The average Bonchev–Trinajstić information content (AvgIpc) is 2.83. The average molecular weight is 446 g/mol. The number of ether oxygens (including phenoxy) is 2. The van der Waals surface area contributed by atoms with Crippen LogP contribution in [0.1, 0.15) is 30.7 Å². The molecule has 2 aromatic rings. The van der Waals surface area contributed by atoms with Gasteiger partial charge in [0.05, 0.1) is 36.7 Å². The molecule has 0 amide bonds. The number of anilines is 1. The number of nitrogens with two attached hydrogens (primary N) is 1. The second-order valence-electron chi connectivity index (χ2n) is 7.70. The highest BCUT2D eigenvalue weighted by molar-refractivity contribution is 6.01. The van der Waals surface area contributed by atoms with Crippen molar-refractivity contribution in [3.05, 3.63) is 80.8 Å². The van der Waals surface area contributed by atoms with Crippen LogP contribution < -0.4 is 20.1 Å². The smallest absolute Gasteiger partial charge is 0.269 e. The number of nitro groups is 1. The molecule has 0 saturated heterocycles. The van der Waals surface area contributed by atoms with Gasteiger partial charge in [-0.2, -0.15) is 5.26 Å². The minimum absolute atomic E-state index is 0.0526. The molecular weight excluding hydrogens is 424 g/mol. The molecule has 1 heterocycles. The molecule has 0 fully saturated rings. The van der Waals surface area contributed by atoms with Crippen molar-refractivity contribution in [2.45, 2.75) is 25.2 Å². The summed E-state index contributed by atoms with van der Waals surface area (Å²) < 4.78 is 10.7. The van der Waals surface area contributed by atoms with E-state index in [9.17, 15) is 20.2 Å². The number of methoxy groups -OCH3 is 2. The lowest BCUT2D eigenvalue weighted by atomic mass is 9.75. The van der Waals surface area contributed by atoms with Gasteiger partial charge >= 0.3 is 0 Å². The van der Waals surface area contributed by atoms with Gasteiger partial charge in [-0.05, 0) is 42.7 Å². The standard InChI is InChI=1S/C24H22N4O5/c1-32-20-11-6-14(12-21(20)33-2)22-17(13-25)24(26)27(18-4-3-5-19(29)23(18)22)15-7-9-16(10-8-15)28(30)31/h6-12,22H,3-5,26H2,1-2H3. The fourth-order valence-corrected chi connectivity index (χ4v) is 4.47. The number of benzene rings is 2. The number of Topliss-reactive ketones (excluding diaryl/α,β-unsaturated/α-hetero) is 1. The van der Waals surface area contributed by atoms with Crippen LogP contribution in [0.15, 0.2) is 65.1 Å². The number of carbonyl (C=O) groups excluding carboxylic acids is 1. The molecule has 1 atom stereocenters. The third-order valence-corrected chi connectivity index (χ3v) is 5.97.